The molecule has 0 aromatic heterocycles. The van der Waals surface area contributed by atoms with E-state index in [1.54, 1.807) is 21.3 Å². The first-order valence-electron chi connectivity index (χ1n) is 11.8. The van der Waals surface area contributed by atoms with Crippen LogP contribution in [-0.4, -0.2) is 46.1 Å². The van der Waals surface area contributed by atoms with Gasteiger partial charge in [-0.1, -0.05) is 19.4 Å². The van der Waals surface area contributed by atoms with Crippen LogP contribution < -0.4 is 9.47 Å². The van der Waals surface area contributed by atoms with Crippen LogP contribution in [0.1, 0.15) is 46.0 Å². The van der Waals surface area contributed by atoms with Crippen molar-refractivity contribution >= 4 is 5.78 Å². The van der Waals surface area contributed by atoms with E-state index in [0.29, 0.717) is 0 Å². The molecule has 0 saturated heterocycles. The average Bonchev–Trinajstić information content (AvgIpc) is 3.12. The van der Waals surface area contributed by atoms with E-state index in [0.717, 1.165) is 54.9 Å². The van der Waals surface area contributed by atoms with E-state index in [-0.39, 0.29) is 35.9 Å². The van der Waals surface area contributed by atoms with Crippen molar-refractivity contribution in [1.82, 2.24) is 0 Å². The molecule has 1 aromatic rings. The monoisotopic (exact) mass is 456 g/mol. The molecule has 0 aliphatic heterocycles. The number of hydrogen-bond donors (Lipinski definition) is 0. The van der Waals surface area contributed by atoms with Gasteiger partial charge in [0.15, 0.2) is 5.78 Å². The largest absolute Gasteiger partial charge is 0.501 e. The summed E-state index contributed by atoms with van der Waals surface area (Å²) in [6, 6.07) is 7.63. The van der Waals surface area contributed by atoms with Gasteiger partial charge in [0.05, 0.1) is 14.2 Å². The highest BCUT2D eigenvalue weighted by Gasteiger charge is 2.50. The van der Waals surface area contributed by atoms with Gasteiger partial charge in [-0.2, -0.15) is 0 Å². The maximum atomic E-state index is 14.1. The summed E-state index contributed by atoms with van der Waals surface area (Å²) in [5.74, 6) is 2.29. The topological polar surface area (TPSA) is 63.2 Å². The minimum atomic E-state index is -0.564. The Morgan fingerprint density at radius 2 is 1.70 bits per heavy atom. The fraction of sp³-hybridized carbons (Fsp3) is 0.593. The number of ether oxygens (including phenoxy) is 5. The van der Waals surface area contributed by atoms with Crippen LogP contribution >= 0.6 is 0 Å². The predicted molar refractivity (Wildman–Crippen MR) is 125 cm³/mol. The second-order valence-corrected chi connectivity index (χ2v) is 9.71. The second kappa shape index (κ2) is 9.90. The lowest BCUT2D eigenvalue weighted by atomic mass is 9.74. The van der Waals surface area contributed by atoms with Crippen molar-refractivity contribution < 1.29 is 28.5 Å². The van der Waals surface area contributed by atoms with Crippen LogP contribution in [0.3, 0.4) is 0 Å². The number of allylic oxidation sites excluding steroid dienone is 2. The summed E-state index contributed by atoms with van der Waals surface area (Å²) in [7, 11) is 4.90. The number of fused-ring (bicyclic) bond motifs is 3. The number of carbonyl (C=O) groups excluding carboxylic acids is 1. The van der Waals surface area contributed by atoms with Crippen LogP contribution in [0, 0.1) is 17.3 Å². The third-order valence-electron chi connectivity index (χ3n) is 7.66. The Morgan fingerprint density at radius 1 is 0.970 bits per heavy atom. The Labute approximate surface area is 196 Å². The summed E-state index contributed by atoms with van der Waals surface area (Å²) >= 11 is 0. The molecule has 3 aliphatic rings. The molecule has 2 bridgehead atoms. The molecule has 0 unspecified atom stereocenters. The third kappa shape index (κ3) is 4.56. The number of Topliss-reactive ketones (excluding diaryl/α,β-unsaturated/α-hetero) is 1. The maximum Gasteiger partial charge on any atom is 0.191 e. The fourth-order valence-electron chi connectivity index (χ4n) is 5.80. The molecule has 3 aliphatic carbocycles. The summed E-state index contributed by atoms with van der Waals surface area (Å²) in [6.07, 6.45) is 5.85. The number of benzene rings is 1. The first kappa shape index (κ1) is 23.8. The number of carbonyl (C=O) groups is 1. The highest BCUT2D eigenvalue weighted by molar-refractivity contribution is 6.00. The van der Waals surface area contributed by atoms with Gasteiger partial charge in [-0.3, -0.25) is 4.79 Å². The number of ketones is 1. The quantitative estimate of drug-likeness (QED) is 0.421. The number of rotatable bonds is 7. The molecule has 4 rings (SSSR count). The van der Waals surface area contributed by atoms with E-state index in [4.69, 9.17) is 23.7 Å². The molecule has 1 saturated carbocycles. The minimum absolute atomic E-state index is 0.0200. The van der Waals surface area contributed by atoms with Crippen molar-refractivity contribution in [2.24, 2.45) is 17.3 Å². The van der Waals surface area contributed by atoms with Gasteiger partial charge in [-0.15, -0.1) is 0 Å². The summed E-state index contributed by atoms with van der Waals surface area (Å²) < 4.78 is 28.9. The second-order valence-electron chi connectivity index (χ2n) is 9.71. The molecule has 33 heavy (non-hydrogen) atoms. The van der Waals surface area contributed by atoms with Gasteiger partial charge < -0.3 is 23.7 Å². The van der Waals surface area contributed by atoms with Crippen molar-refractivity contribution in [1.29, 1.82) is 0 Å². The molecule has 0 radical (unpaired) electrons. The molecule has 1 aromatic carbocycles. The highest BCUT2D eigenvalue weighted by atomic mass is 16.7. The molecule has 0 heterocycles. The number of hydrogen-bond acceptors (Lipinski definition) is 6. The Bertz CT molecular complexity index is 913. The molecular weight excluding hydrogens is 420 g/mol. The lowest BCUT2D eigenvalue weighted by Crippen LogP contribution is -2.42. The zero-order chi connectivity index (χ0) is 23.6. The first-order chi connectivity index (χ1) is 15.9. The van der Waals surface area contributed by atoms with Crippen LogP contribution in [0.15, 0.2) is 47.2 Å². The third-order valence-corrected chi connectivity index (χ3v) is 7.66. The van der Waals surface area contributed by atoms with Crippen molar-refractivity contribution in [3.05, 3.63) is 47.2 Å². The van der Waals surface area contributed by atoms with Crippen molar-refractivity contribution in [3.63, 3.8) is 0 Å². The van der Waals surface area contributed by atoms with Gasteiger partial charge in [0.2, 0.25) is 0 Å². The summed E-state index contributed by atoms with van der Waals surface area (Å²) in [5, 5.41) is 0. The molecule has 0 N–H and O–H groups in total. The molecule has 0 spiro atoms. The molecular formula is C27H36O6. The van der Waals surface area contributed by atoms with Gasteiger partial charge in [0.1, 0.15) is 36.3 Å². The van der Waals surface area contributed by atoms with E-state index in [2.05, 4.69) is 19.9 Å². The van der Waals surface area contributed by atoms with Gasteiger partial charge in [-0.25, -0.2) is 0 Å². The molecule has 4 atom stereocenters. The number of methoxy groups -OCH3 is 3. The Morgan fingerprint density at radius 3 is 2.36 bits per heavy atom. The molecule has 1 fully saturated rings. The van der Waals surface area contributed by atoms with E-state index in [9.17, 15) is 4.79 Å². The highest BCUT2D eigenvalue weighted by Crippen LogP contribution is 2.52. The lowest BCUT2D eigenvalue weighted by molar-refractivity contribution is -0.146. The van der Waals surface area contributed by atoms with E-state index in [1.807, 2.05) is 24.3 Å². The van der Waals surface area contributed by atoms with Crippen LogP contribution in [0.4, 0.5) is 0 Å². The van der Waals surface area contributed by atoms with Gasteiger partial charge in [0.25, 0.3) is 0 Å². The van der Waals surface area contributed by atoms with Gasteiger partial charge in [0, 0.05) is 30.9 Å². The van der Waals surface area contributed by atoms with Crippen molar-refractivity contribution in [2.45, 2.75) is 58.2 Å². The van der Waals surface area contributed by atoms with Crippen LogP contribution in [-0.2, 0) is 19.0 Å². The van der Waals surface area contributed by atoms with Crippen LogP contribution in [0.2, 0.25) is 0 Å². The van der Waals surface area contributed by atoms with E-state index < -0.39 is 6.10 Å². The summed E-state index contributed by atoms with van der Waals surface area (Å²) in [6.45, 7) is 4.53. The SMILES string of the molecule is COCO[C@H]1C(=O)C2=C(OC)CCC[C@@H]2[C@H](Oc2ccc(OC)cc2)/C=C2\CC[C@H]1C2(C)C. The molecule has 6 nitrogen and oxygen atoms in total. The predicted octanol–water partition coefficient (Wildman–Crippen LogP) is 5.08. The van der Waals surface area contributed by atoms with Crippen molar-refractivity contribution in [3.8, 4) is 11.5 Å². The fourth-order valence-corrected chi connectivity index (χ4v) is 5.80. The van der Waals surface area contributed by atoms with Crippen LogP contribution in [0.5, 0.6) is 11.5 Å². The zero-order valence-electron chi connectivity index (χ0n) is 20.4. The normalized spacial score (nSPS) is 30.5. The zero-order valence-corrected chi connectivity index (χ0v) is 20.4. The Hall–Kier alpha value is -2.31. The Kier molecular flexibility index (Phi) is 7.15. The summed E-state index contributed by atoms with van der Waals surface area (Å²) in [4.78, 5) is 14.1. The smallest absolute Gasteiger partial charge is 0.191 e. The molecule has 0 amide bonds. The van der Waals surface area contributed by atoms with Gasteiger partial charge >= 0.3 is 0 Å². The summed E-state index contributed by atoms with van der Waals surface area (Å²) in [5.41, 5.74) is 1.87. The van der Waals surface area contributed by atoms with E-state index >= 15 is 0 Å². The maximum absolute atomic E-state index is 14.1. The average molecular weight is 457 g/mol. The molecule has 180 valence electrons. The lowest BCUT2D eigenvalue weighted by Gasteiger charge is -2.35. The van der Waals surface area contributed by atoms with Gasteiger partial charge in [-0.05, 0) is 61.4 Å². The Balaban J connectivity index is 1.80. The van der Waals surface area contributed by atoms with Crippen molar-refractivity contribution in [2.75, 3.05) is 28.1 Å². The van der Waals surface area contributed by atoms with E-state index in [1.165, 1.54) is 5.57 Å². The first-order valence-corrected chi connectivity index (χ1v) is 11.8. The standard InChI is InChI=1S/C27H36O6/c1-27(2)17-9-14-21(27)26(32-16-29-3)25(28)24-20(7-6-8-22(24)31-5)23(15-17)33-19-12-10-18(30-4)11-13-19/h10-13,15,20-21,23,26H,6-9,14,16H2,1-5H3/b17-15+/t20-,21-,23-,26-/m1/s1. The molecule has 6 heteroatoms. The van der Waals surface area contributed by atoms with Crippen LogP contribution in [0.25, 0.3) is 0 Å². The minimum Gasteiger partial charge on any atom is -0.501 e.